The van der Waals surface area contributed by atoms with E-state index >= 15 is 0 Å². The Morgan fingerprint density at radius 2 is 1.67 bits per heavy atom. The van der Waals surface area contributed by atoms with E-state index in [4.69, 9.17) is 28.0 Å². The molecule has 7 heteroatoms. The first kappa shape index (κ1) is 19.0. The zero-order chi connectivity index (χ0) is 20.9. The largest absolute Gasteiger partial charge is 0.355 e. The van der Waals surface area contributed by atoms with Gasteiger partial charge in [-0.2, -0.15) is 0 Å². The highest BCUT2D eigenvalue weighted by Crippen LogP contribution is 2.48. The maximum absolute atomic E-state index is 13.1. The van der Waals surface area contributed by atoms with Crippen LogP contribution in [0.15, 0.2) is 78.0 Å². The summed E-state index contributed by atoms with van der Waals surface area (Å²) in [7, 11) is 1.76. The van der Waals surface area contributed by atoms with Gasteiger partial charge in [0, 0.05) is 33.8 Å². The number of benzene rings is 3. The van der Waals surface area contributed by atoms with Gasteiger partial charge in [-0.1, -0.05) is 58.7 Å². The maximum atomic E-state index is 13.1. The van der Waals surface area contributed by atoms with E-state index in [1.54, 1.807) is 30.1 Å². The Kier molecular flexibility index (Phi) is 4.45. The third-order valence-corrected chi connectivity index (χ3v) is 6.01. The fourth-order valence-corrected chi connectivity index (χ4v) is 4.32. The Balaban J connectivity index is 1.78. The molecular formula is C23H17Cl2N3O2. The number of hydrogen-bond donors (Lipinski definition) is 0. The number of carbonyl (C=O) groups is 1. The summed E-state index contributed by atoms with van der Waals surface area (Å²) < 4.78 is 0. The fourth-order valence-electron chi connectivity index (χ4n) is 4.02. The molecule has 1 atom stereocenters. The standard InChI is InChI=1S/C23H17Cl2N3O2/c1-27-20-12-11-18(25)13-19(20)23(16-5-3-2-4-6-16)28(14-21(27)29)22(26-30-23)15-7-9-17(24)10-8-15/h2-13H,14H2,1H3/t23-/m0/s1. The molecule has 2 aliphatic heterocycles. The number of fused-ring (bicyclic) bond motifs is 3. The minimum Gasteiger partial charge on any atom is -0.355 e. The highest BCUT2D eigenvalue weighted by atomic mass is 35.5. The Morgan fingerprint density at radius 3 is 2.40 bits per heavy atom. The third-order valence-electron chi connectivity index (χ3n) is 5.52. The number of halogens is 2. The quantitative estimate of drug-likeness (QED) is 0.574. The number of rotatable bonds is 2. The molecule has 2 heterocycles. The van der Waals surface area contributed by atoms with Crippen molar-refractivity contribution in [3.63, 3.8) is 0 Å². The van der Waals surface area contributed by atoms with Crippen LogP contribution in [0, 0.1) is 0 Å². The van der Waals surface area contributed by atoms with Gasteiger partial charge in [0.15, 0.2) is 5.84 Å². The first-order valence-corrected chi connectivity index (χ1v) is 10.2. The van der Waals surface area contributed by atoms with Gasteiger partial charge in [-0.3, -0.25) is 9.69 Å². The number of amidine groups is 1. The Hall–Kier alpha value is -3.02. The molecule has 0 bridgehead atoms. The van der Waals surface area contributed by atoms with Crippen LogP contribution in [0.2, 0.25) is 10.0 Å². The Labute approximate surface area is 184 Å². The molecular weight excluding hydrogens is 421 g/mol. The van der Waals surface area contributed by atoms with Gasteiger partial charge in [0.1, 0.15) is 6.54 Å². The zero-order valence-electron chi connectivity index (χ0n) is 16.0. The molecule has 5 nitrogen and oxygen atoms in total. The molecule has 5 rings (SSSR count). The minimum absolute atomic E-state index is 0.0801. The van der Waals surface area contributed by atoms with Gasteiger partial charge >= 0.3 is 0 Å². The van der Waals surface area contributed by atoms with Crippen molar-refractivity contribution in [3.05, 3.63) is 99.5 Å². The van der Waals surface area contributed by atoms with Gasteiger partial charge in [0.25, 0.3) is 5.72 Å². The number of likely N-dealkylation sites (N-methyl/N-ethyl adjacent to an activating group) is 1. The first-order valence-electron chi connectivity index (χ1n) is 9.42. The number of carbonyl (C=O) groups excluding carboxylic acids is 1. The monoisotopic (exact) mass is 437 g/mol. The highest BCUT2D eigenvalue weighted by Gasteiger charge is 2.54. The number of hydrogen-bond acceptors (Lipinski definition) is 4. The van der Waals surface area contributed by atoms with Crippen molar-refractivity contribution in [2.45, 2.75) is 5.72 Å². The van der Waals surface area contributed by atoms with Crippen molar-refractivity contribution in [3.8, 4) is 0 Å². The molecule has 1 amide bonds. The van der Waals surface area contributed by atoms with Gasteiger partial charge in [-0.25, -0.2) is 0 Å². The predicted molar refractivity (Wildman–Crippen MR) is 118 cm³/mol. The van der Waals surface area contributed by atoms with Crippen LogP contribution in [-0.4, -0.2) is 30.2 Å². The fraction of sp³-hybridized carbons (Fsp3) is 0.130. The van der Waals surface area contributed by atoms with Gasteiger partial charge in [0.2, 0.25) is 5.91 Å². The molecule has 3 aromatic rings. The van der Waals surface area contributed by atoms with Gasteiger partial charge in [-0.05, 0) is 42.5 Å². The molecule has 0 N–H and O–H groups in total. The second-order valence-corrected chi connectivity index (χ2v) is 8.10. The predicted octanol–water partition coefficient (Wildman–Crippen LogP) is 4.86. The zero-order valence-corrected chi connectivity index (χ0v) is 17.6. The molecule has 150 valence electrons. The Morgan fingerprint density at radius 1 is 0.967 bits per heavy atom. The van der Waals surface area contributed by atoms with Crippen LogP contribution >= 0.6 is 23.2 Å². The lowest BCUT2D eigenvalue weighted by Gasteiger charge is -2.36. The molecule has 0 saturated heterocycles. The van der Waals surface area contributed by atoms with E-state index < -0.39 is 5.72 Å². The molecule has 0 aliphatic carbocycles. The molecule has 0 aromatic heterocycles. The normalized spacial score (nSPS) is 20.2. The molecule has 0 spiro atoms. The van der Waals surface area contributed by atoms with Crippen LogP contribution in [0.1, 0.15) is 16.7 Å². The second kappa shape index (κ2) is 7.04. The van der Waals surface area contributed by atoms with Gasteiger partial charge < -0.3 is 9.74 Å². The lowest BCUT2D eigenvalue weighted by molar-refractivity contribution is -0.123. The first-order chi connectivity index (χ1) is 14.5. The van der Waals surface area contributed by atoms with E-state index in [1.165, 1.54) is 0 Å². The molecule has 0 saturated carbocycles. The van der Waals surface area contributed by atoms with Crippen LogP contribution < -0.4 is 4.90 Å². The molecule has 0 unspecified atom stereocenters. The summed E-state index contributed by atoms with van der Waals surface area (Å²) >= 11 is 12.5. The third kappa shape index (κ3) is 2.77. The summed E-state index contributed by atoms with van der Waals surface area (Å²) in [6, 6.07) is 22.5. The maximum Gasteiger partial charge on any atom is 0.265 e. The van der Waals surface area contributed by atoms with Crippen LogP contribution in [0.5, 0.6) is 0 Å². The number of nitrogens with zero attached hydrogens (tertiary/aromatic N) is 3. The van der Waals surface area contributed by atoms with Gasteiger partial charge in [-0.15, -0.1) is 0 Å². The van der Waals surface area contributed by atoms with E-state index in [0.717, 1.165) is 22.4 Å². The summed E-state index contributed by atoms with van der Waals surface area (Å²) in [5.41, 5.74) is 2.00. The van der Waals surface area contributed by atoms with Crippen molar-refractivity contribution in [2.24, 2.45) is 5.16 Å². The van der Waals surface area contributed by atoms with Crippen molar-refractivity contribution in [1.82, 2.24) is 4.90 Å². The smallest absolute Gasteiger partial charge is 0.265 e. The lowest BCUT2D eigenvalue weighted by atomic mass is 9.91. The SMILES string of the molecule is CN1C(=O)CN2C(c3ccc(Cl)cc3)=NO[C@@]2(c2ccccc2)c2cc(Cl)ccc21. The van der Waals surface area contributed by atoms with E-state index in [2.05, 4.69) is 5.16 Å². The van der Waals surface area contributed by atoms with Crippen LogP contribution in [0.25, 0.3) is 0 Å². The average molecular weight is 438 g/mol. The summed E-state index contributed by atoms with van der Waals surface area (Å²) in [4.78, 5) is 22.9. The molecule has 3 aromatic carbocycles. The summed E-state index contributed by atoms with van der Waals surface area (Å²) in [5.74, 6) is 0.480. The van der Waals surface area contributed by atoms with E-state index in [9.17, 15) is 4.79 Å². The molecule has 30 heavy (non-hydrogen) atoms. The minimum atomic E-state index is -1.13. The summed E-state index contributed by atoms with van der Waals surface area (Å²) in [6.07, 6.45) is 0. The Bertz CT molecular complexity index is 1160. The van der Waals surface area contributed by atoms with E-state index in [-0.39, 0.29) is 12.5 Å². The number of amides is 1. The average Bonchev–Trinajstić information content (AvgIpc) is 3.10. The molecule has 0 fully saturated rings. The number of oxime groups is 1. The topological polar surface area (TPSA) is 45.1 Å². The van der Waals surface area contributed by atoms with Crippen LogP contribution in [0.4, 0.5) is 5.69 Å². The van der Waals surface area contributed by atoms with Crippen molar-refractivity contribution >= 4 is 40.6 Å². The van der Waals surface area contributed by atoms with Crippen LogP contribution in [-0.2, 0) is 15.4 Å². The summed E-state index contributed by atoms with van der Waals surface area (Å²) in [5, 5.41) is 5.62. The van der Waals surface area contributed by atoms with Crippen molar-refractivity contribution in [1.29, 1.82) is 0 Å². The van der Waals surface area contributed by atoms with E-state index in [0.29, 0.717) is 15.9 Å². The lowest BCUT2D eigenvalue weighted by Crippen LogP contribution is -2.49. The molecule has 0 radical (unpaired) electrons. The van der Waals surface area contributed by atoms with Gasteiger partial charge in [0.05, 0.1) is 5.69 Å². The van der Waals surface area contributed by atoms with Crippen molar-refractivity contribution < 1.29 is 9.63 Å². The molecule has 2 aliphatic rings. The second-order valence-electron chi connectivity index (χ2n) is 7.22. The highest BCUT2D eigenvalue weighted by molar-refractivity contribution is 6.31. The van der Waals surface area contributed by atoms with Crippen LogP contribution in [0.3, 0.4) is 0 Å². The van der Waals surface area contributed by atoms with Crippen molar-refractivity contribution in [2.75, 3.05) is 18.5 Å². The summed E-state index contributed by atoms with van der Waals surface area (Å²) in [6.45, 7) is 0.0825. The van der Waals surface area contributed by atoms with E-state index in [1.807, 2.05) is 59.5 Å². The number of anilines is 1.